The molecule has 0 bridgehead atoms. The molecular weight excluding hydrogens is 378 g/mol. The number of rotatable bonds is 6. The summed E-state index contributed by atoms with van der Waals surface area (Å²) in [5.41, 5.74) is 6.81. The van der Waals surface area contributed by atoms with Crippen LogP contribution < -0.4 is 11.1 Å². The maximum absolute atomic E-state index is 12.4. The fourth-order valence-electron chi connectivity index (χ4n) is 2.84. The standard InChI is InChI=1S/C17H27N3O4S.ClH/c1-12(19-17(21)16(18)13-7-9-24-10-8-13)14-5-4-6-15(11-14)25(22,23)20(2)3;/h4-6,11-13,16H,7-10,18H2,1-3H3,(H,19,21);1H. The van der Waals surface area contributed by atoms with Gasteiger partial charge in [0.1, 0.15) is 0 Å². The molecule has 148 valence electrons. The largest absolute Gasteiger partial charge is 0.381 e. The van der Waals surface area contributed by atoms with Gasteiger partial charge in [0.2, 0.25) is 15.9 Å². The van der Waals surface area contributed by atoms with Crippen LogP contribution in [0.25, 0.3) is 0 Å². The van der Waals surface area contributed by atoms with Gasteiger partial charge in [0.25, 0.3) is 0 Å². The Morgan fingerprint density at radius 2 is 1.92 bits per heavy atom. The molecular formula is C17H28ClN3O4S. The first kappa shape index (κ1) is 22.9. The van der Waals surface area contributed by atoms with E-state index in [0.717, 1.165) is 22.7 Å². The SMILES string of the molecule is CC(NC(=O)C(N)C1CCOCC1)c1cccc(S(=O)(=O)N(C)C)c1.Cl. The quantitative estimate of drug-likeness (QED) is 0.742. The summed E-state index contributed by atoms with van der Waals surface area (Å²) < 4.78 is 31.0. The molecule has 1 aromatic rings. The van der Waals surface area contributed by atoms with Crippen LogP contribution in [0, 0.1) is 5.92 Å². The van der Waals surface area contributed by atoms with E-state index in [2.05, 4.69) is 5.32 Å². The zero-order valence-corrected chi connectivity index (χ0v) is 17.0. The minimum Gasteiger partial charge on any atom is -0.381 e. The van der Waals surface area contributed by atoms with Gasteiger partial charge in [0.15, 0.2) is 0 Å². The summed E-state index contributed by atoms with van der Waals surface area (Å²) in [6, 6.07) is 5.67. The van der Waals surface area contributed by atoms with E-state index in [1.807, 2.05) is 6.92 Å². The summed E-state index contributed by atoms with van der Waals surface area (Å²) in [5.74, 6) is -0.110. The Kier molecular flexibility index (Phi) is 8.49. The first-order valence-corrected chi connectivity index (χ1v) is 9.83. The van der Waals surface area contributed by atoms with Crippen molar-refractivity contribution in [1.29, 1.82) is 0 Å². The highest BCUT2D eigenvalue weighted by Gasteiger charge is 2.27. The molecule has 0 radical (unpaired) electrons. The molecule has 0 aromatic heterocycles. The smallest absolute Gasteiger partial charge is 0.242 e. The number of carbonyl (C=O) groups is 1. The lowest BCUT2D eigenvalue weighted by Crippen LogP contribution is -2.47. The molecule has 1 saturated heterocycles. The van der Waals surface area contributed by atoms with Crippen LogP contribution in [0.5, 0.6) is 0 Å². The number of hydrogen-bond acceptors (Lipinski definition) is 5. The number of halogens is 1. The van der Waals surface area contributed by atoms with Crippen LogP contribution >= 0.6 is 12.4 Å². The van der Waals surface area contributed by atoms with Gasteiger partial charge >= 0.3 is 0 Å². The molecule has 26 heavy (non-hydrogen) atoms. The van der Waals surface area contributed by atoms with Gasteiger partial charge in [-0.1, -0.05) is 12.1 Å². The molecule has 2 rings (SSSR count). The van der Waals surface area contributed by atoms with Crippen LogP contribution in [0.3, 0.4) is 0 Å². The lowest BCUT2D eigenvalue weighted by Gasteiger charge is -2.28. The van der Waals surface area contributed by atoms with Crippen molar-refractivity contribution in [1.82, 2.24) is 9.62 Å². The van der Waals surface area contributed by atoms with Gasteiger partial charge in [-0.2, -0.15) is 0 Å². The second kappa shape index (κ2) is 9.66. The predicted molar refractivity (Wildman–Crippen MR) is 103 cm³/mol. The monoisotopic (exact) mass is 405 g/mol. The highest BCUT2D eigenvalue weighted by Crippen LogP contribution is 2.21. The third-order valence-electron chi connectivity index (χ3n) is 4.57. The third kappa shape index (κ3) is 5.40. The molecule has 0 saturated carbocycles. The normalized spacial score (nSPS) is 18.0. The van der Waals surface area contributed by atoms with E-state index in [9.17, 15) is 13.2 Å². The molecule has 0 aliphatic carbocycles. The fraction of sp³-hybridized carbons (Fsp3) is 0.588. The van der Waals surface area contributed by atoms with Crippen LogP contribution in [-0.4, -0.2) is 52.0 Å². The lowest BCUT2D eigenvalue weighted by molar-refractivity contribution is -0.125. The van der Waals surface area contributed by atoms with Gasteiger partial charge in [-0.15, -0.1) is 12.4 Å². The molecule has 2 unspecified atom stereocenters. The summed E-state index contributed by atoms with van der Waals surface area (Å²) in [5, 5.41) is 2.89. The first-order chi connectivity index (χ1) is 11.7. The summed E-state index contributed by atoms with van der Waals surface area (Å²) in [6.07, 6.45) is 1.55. The topological polar surface area (TPSA) is 102 Å². The second-order valence-corrected chi connectivity index (χ2v) is 8.72. The highest BCUT2D eigenvalue weighted by molar-refractivity contribution is 7.89. The molecule has 2 atom stereocenters. The average molecular weight is 406 g/mol. The number of benzene rings is 1. The van der Waals surface area contributed by atoms with E-state index in [4.69, 9.17) is 10.5 Å². The molecule has 7 nitrogen and oxygen atoms in total. The number of sulfonamides is 1. The van der Waals surface area contributed by atoms with Crippen LogP contribution in [0.2, 0.25) is 0 Å². The van der Waals surface area contributed by atoms with E-state index in [1.54, 1.807) is 24.3 Å². The number of nitrogens with two attached hydrogens (primary N) is 1. The second-order valence-electron chi connectivity index (χ2n) is 6.57. The van der Waals surface area contributed by atoms with Gasteiger partial charge in [-0.05, 0) is 43.4 Å². The number of nitrogens with one attached hydrogen (secondary N) is 1. The number of carbonyl (C=O) groups excluding carboxylic acids is 1. The van der Waals surface area contributed by atoms with E-state index in [0.29, 0.717) is 13.2 Å². The Morgan fingerprint density at radius 1 is 1.31 bits per heavy atom. The van der Waals surface area contributed by atoms with Crippen molar-refractivity contribution in [3.05, 3.63) is 29.8 Å². The summed E-state index contributed by atoms with van der Waals surface area (Å²) >= 11 is 0. The molecule has 9 heteroatoms. The minimum absolute atomic E-state index is 0. The van der Waals surface area contributed by atoms with Crippen molar-refractivity contribution >= 4 is 28.3 Å². The zero-order valence-electron chi connectivity index (χ0n) is 15.3. The van der Waals surface area contributed by atoms with E-state index < -0.39 is 16.1 Å². The Bertz CT molecular complexity index is 706. The molecule has 1 aromatic carbocycles. The van der Waals surface area contributed by atoms with Gasteiger partial charge in [-0.3, -0.25) is 4.79 Å². The van der Waals surface area contributed by atoms with Gasteiger partial charge in [0, 0.05) is 27.3 Å². The molecule has 0 spiro atoms. The van der Waals surface area contributed by atoms with Crippen LogP contribution in [0.15, 0.2) is 29.2 Å². The number of amides is 1. The zero-order chi connectivity index (χ0) is 18.6. The Hall–Kier alpha value is -1.19. The van der Waals surface area contributed by atoms with Gasteiger partial charge < -0.3 is 15.8 Å². The summed E-state index contributed by atoms with van der Waals surface area (Å²) in [7, 11) is -0.540. The highest BCUT2D eigenvalue weighted by atomic mass is 35.5. The molecule has 1 aliphatic heterocycles. The minimum atomic E-state index is -3.51. The Morgan fingerprint density at radius 3 is 2.50 bits per heavy atom. The molecule has 1 aliphatic rings. The first-order valence-electron chi connectivity index (χ1n) is 8.39. The maximum Gasteiger partial charge on any atom is 0.242 e. The van der Waals surface area contributed by atoms with E-state index >= 15 is 0 Å². The lowest BCUT2D eigenvalue weighted by atomic mass is 9.91. The van der Waals surface area contributed by atoms with Crippen molar-refractivity contribution in [3.63, 3.8) is 0 Å². The summed E-state index contributed by atoms with van der Waals surface area (Å²) in [6.45, 7) is 3.08. The van der Waals surface area contributed by atoms with Crippen molar-refractivity contribution in [3.8, 4) is 0 Å². The maximum atomic E-state index is 12.4. The van der Waals surface area contributed by atoms with Crippen LogP contribution in [-0.2, 0) is 19.6 Å². The molecule has 1 heterocycles. The third-order valence-corrected chi connectivity index (χ3v) is 6.38. The molecule has 1 fully saturated rings. The van der Waals surface area contributed by atoms with Crippen molar-refractivity contribution < 1.29 is 17.9 Å². The summed E-state index contributed by atoms with van der Waals surface area (Å²) in [4.78, 5) is 12.6. The van der Waals surface area contributed by atoms with Crippen LogP contribution in [0.1, 0.15) is 31.4 Å². The Balaban J connectivity index is 0.00000338. The van der Waals surface area contributed by atoms with Crippen molar-refractivity contribution in [2.75, 3.05) is 27.3 Å². The van der Waals surface area contributed by atoms with E-state index in [1.165, 1.54) is 14.1 Å². The average Bonchev–Trinajstić information content (AvgIpc) is 2.61. The van der Waals surface area contributed by atoms with Crippen molar-refractivity contribution in [2.45, 2.75) is 36.7 Å². The predicted octanol–water partition coefficient (Wildman–Crippen LogP) is 1.29. The number of nitrogens with zero attached hydrogens (tertiary/aromatic N) is 1. The van der Waals surface area contributed by atoms with E-state index in [-0.39, 0.29) is 35.2 Å². The Labute approximate surface area is 161 Å². The van der Waals surface area contributed by atoms with Crippen molar-refractivity contribution in [2.24, 2.45) is 11.7 Å². The molecule has 1 amide bonds. The van der Waals surface area contributed by atoms with Gasteiger partial charge in [0.05, 0.1) is 17.0 Å². The fourth-order valence-corrected chi connectivity index (χ4v) is 3.79. The number of hydrogen-bond donors (Lipinski definition) is 2. The number of ether oxygens (including phenoxy) is 1. The van der Waals surface area contributed by atoms with Crippen LogP contribution in [0.4, 0.5) is 0 Å². The molecule has 3 N–H and O–H groups in total. The van der Waals surface area contributed by atoms with Gasteiger partial charge in [-0.25, -0.2) is 12.7 Å².